The molecule has 1 aromatic carbocycles. The minimum atomic E-state index is 0.0503. The fourth-order valence-electron chi connectivity index (χ4n) is 3.73. The number of carbonyl (C=O) groups excluding carboxylic acids is 1. The molecule has 2 aliphatic rings. The van der Waals surface area contributed by atoms with Gasteiger partial charge in [0.25, 0.3) is 0 Å². The second kappa shape index (κ2) is 5.33. The first kappa shape index (κ1) is 13.8. The van der Waals surface area contributed by atoms with Gasteiger partial charge in [-0.1, -0.05) is 31.9 Å². The van der Waals surface area contributed by atoms with Crippen molar-refractivity contribution in [3.8, 4) is 6.07 Å². The highest BCUT2D eigenvalue weighted by Gasteiger charge is 2.64. The normalized spacial score (nSPS) is 30.5. The highest BCUT2D eigenvalue weighted by molar-refractivity contribution is 5.85. The summed E-state index contributed by atoms with van der Waals surface area (Å²) in [5, 5.41) is 12.8. The first-order valence-corrected chi connectivity index (χ1v) is 7.48. The molecular weight excluding hydrogens is 262 g/mol. The molecule has 2 aliphatic carbocycles. The Kier molecular flexibility index (Phi) is 3.50. The number of rotatable bonds is 3. The molecule has 0 spiro atoms. The molecule has 1 N–H and O–H groups in total. The number of hydrazone groups is 1. The predicted molar refractivity (Wildman–Crippen MR) is 80.4 cm³/mol. The average molecular weight is 281 g/mol. The van der Waals surface area contributed by atoms with Crippen molar-refractivity contribution in [1.29, 1.82) is 5.26 Å². The van der Waals surface area contributed by atoms with Crippen LogP contribution in [0.2, 0.25) is 0 Å². The molecule has 3 rings (SSSR count). The minimum absolute atomic E-state index is 0.0503. The summed E-state index contributed by atoms with van der Waals surface area (Å²) < 4.78 is 0. The van der Waals surface area contributed by atoms with Crippen molar-refractivity contribution in [2.75, 3.05) is 0 Å². The number of nitriles is 1. The minimum Gasteiger partial charge on any atom is -0.273 e. The maximum Gasteiger partial charge on any atom is 0.244 e. The van der Waals surface area contributed by atoms with Gasteiger partial charge in [0.15, 0.2) is 0 Å². The SMILES string of the molecule is C[C@]12CCCC[C@H]1[C@@H]2C(=O)N/N=C\c1ccc(C#N)cc1. The standard InChI is InChI=1S/C17H19N3O/c1-17-9-3-2-4-14(17)15(17)16(21)20-19-11-13-7-5-12(10-18)6-8-13/h5-8,11,14-15H,2-4,9H2,1H3,(H,20,21)/b19-11-/t14-,15+,17-/m0/s1. The Labute approximate surface area is 124 Å². The highest BCUT2D eigenvalue weighted by atomic mass is 16.2. The van der Waals surface area contributed by atoms with E-state index in [2.05, 4.69) is 23.5 Å². The van der Waals surface area contributed by atoms with Crippen LogP contribution in [0.5, 0.6) is 0 Å². The van der Waals surface area contributed by atoms with Crippen LogP contribution in [-0.2, 0) is 4.79 Å². The van der Waals surface area contributed by atoms with E-state index in [4.69, 9.17) is 5.26 Å². The molecule has 2 saturated carbocycles. The highest BCUT2D eigenvalue weighted by Crippen LogP contribution is 2.66. The van der Waals surface area contributed by atoms with E-state index in [0.29, 0.717) is 11.5 Å². The molecule has 0 saturated heterocycles. The van der Waals surface area contributed by atoms with Gasteiger partial charge in [0.2, 0.25) is 5.91 Å². The van der Waals surface area contributed by atoms with Gasteiger partial charge in [0.1, 0.15) is 0 Å². The molecule has 0 bridgehead atoms. The Morgan fingerprint density at radius 2 is 2.19 bits per heavy atom. The summed E-state index contributed by atoms with van der Waals surface area (Å²) in [6.45, 7) is 2.23. The van der Waals surface area contributed by atoms with E-state index < -0.39 is 0 Å². The monoisotopic (exact) mass is 281 g/mol. The zero-order valence-electron chi connectivity index (χ0n) is 12.2. The Morgan fingerprint density at radius 3 is 2.81 bits per heavy atom. The van der Waals surface area contributed by atoms with E-state index in [1.54, 1.807) is 18.3 Å². The van der Waals surface area contributed by atoms with Gasteiger partial charge in [-0.3, -0.25) is 4.79 Å². The summed E-state index contributed by atoms with van der Waals surface area (Å²) in [5.74, 6) is 0.740. The number of amides is 1. The van der Waals surface area contributed by atoms with Crippen LogP contribution in [-0.4, -0.2) is 12.1 Å². The second-order valence-corrected chi connectivity index (χ2v) is 6.30. The lowest BCUT2D eigenvalue weighted by Gasteiger charge is -2.15. The fraction of sp³-hybridized carbons (Fsp3) is 0.471. The van der Waals surface area contributed by atoms with Gasteiger partial charge in [0.05, 0.1) is 17.8 Å². The number of nitrogens with one attached hydrogen (secondary N) is 1. The molecule has 0 heterocycles. The molecule has 4 heteroatoms. The van der Waals surface area contributed by atoms with Crippen LogP contribution in [0, 0.1) is 28.6 Å². The maximum atomic E-state index is 12.2. The van der Waals surface area contributed by atoms with Gasteiger partial charge in [-0.05, 0) is 41.9 Å². The van der Waals surface area contributed by atoms with Crippen molar-refractivity contribution >= 4 is 12.1 Å². The first-order chi connectivity index (χ1) is 10.1. The van der Waals surface area contributed by atoms with Crippen LogP contribution in [0.4, 0.5) is 0 Å². The van der Waals surface area contributed by atoms with Crippen molar-refractivity contribution in [2.24, 2.45) is 22.4 Å². The van der Waals surface area contributed by atoms with Gasteiger partial charge in [-0.2, -0.15) is 10.4 Å². The zero-order chi connectivity index (χ0) is 14.9. The average Bonchev–Trinajstić information content (AvgIpc) is 3.13. The quantitative estimate of drug-likeness (QED) is 0.684. The van der Waals surface area contributed by atoms with Crippen LogP contribution in [0.3, 0.4) is 0 Å². The van der Waals surface area contributed by atoms with Crippen molar-refractivity contribution in [1.82, 2.24) is 5.43 Å². The molecule has 0 unspecified atom stereocenters. The predicted octanol–water partition coefficient (Wildman–Crippen LogP) is 2.83. The first-order valence-electron chi connectivity index (χ1n) is 7.48. The van der Waals surface area contributed by atoms with Gasteiger partial charge in [0, 0.05) is 5.92 Å². The van der Waals surface area contributed by atoms with Gasteiger partial charge < -0.3 is 0 Å². The molecule has 3 atom stereocenters. The van der Waals surface area contributed by atoms with Crippen molar-refractivity contribution in [3.05, 3.63) is 35.4 Å². The maximum absolute atomic E-state index is 12.2. The van der Waals surface area contributed by atoms with Crippen molar-refractivity contribution < 1.29 is 4.79 Å². The summed E-state index contributed by atoms with van der Waals surface area (Å²) >= 11 is 0. The van der Waals surface area contributed by atoms with Gasteiger partial charge in [-0.25, -0.2) is 5.43 Å². The topological polar surface area (TPSA) is 65.2 Å². The largest absolute Gasteiger partial charge is 0.273 e. The van der Waals surface area contributed by atoms with E-state index in [1.165, 1.54) is 19.3 Å². The molecule has 0 aliphatic heterocycles. The van der Waals surface area contributed by atoms with Crippen LogP contribution in [0.25, 0.3) is 0 Å². The summed E-state index contributed by atoms with van der Waals surface area (Å²) in [5.41, 5.74) is 4.37. The second-order valence-electron chi connectivity index (χ2n) is 6.30. The summed E-state index contributed by atoms with van der Waals surface area (Å²) in [6.07, 6.45) is 6.44. The lowest BCUT2D eigenvalue weighted by molar-refractivity contribution is -0.123. The van der Waals surface area contributed by atoms with Gasteiger partial charge >= 0.3 is 0 Å². The number of hydrogen-bond acceptors (Lipinski definition) is 3. The number of fused-ring (bicyclic) bond motifs is 1. The Morgan fingerprint density at radius 1 is 1.43 bits per heavy atom. The number of carbonyl (C=O) groups is 1. The van der Waals surface area contributed by atoms with Crippen molar-refractivity contribution in [3.63, 3.8) is 0 Å². The Balaban J connectivity index is 1.56. The molecular formula is C17H19N3O. The summed E-state index contributed by atoms with van der Waals surface area (Å²) in [4.78, 5) is 12.2. The molecule has 4 nitrogen and oxygen atoms in total. The fourth-order valence-corrected chi connectivity index (χ4v) is 3.73. The van der Waals surface area contributed by atoms with E-state index in [9.17, 15) is 4.79 Å². The smallest absolute Gasteiger partial charge is 0.244 e. The zero-order valence-corrected chi connectivity index (χ0v) is 12.2. The molecule has 0 radical (unpaired) electrons. The third-order valence-corrected chi connectivity index (χ3v) is 5.04. The van der Waals surface area contributed by atoms with Crippen LogP contribution in [0.1, 0.15) is 43.7 Å². The van der Waals surface area contributed by atoms with E-state index >= 15 is 0 Å². The van der Waals surface area contributed by atoms with Crippen molar-refractivity contribution in [2.45, 2.75) is 32.6 Å². The number of benzene rings is 1. The van der Waals surface area contributed by atoms with E-state index in [-0.39, 0.29) is 17.2 Å². The lowest BCUT2D eigenvalue weighted by atomic mass is 9.90. The van der Waals surface area contributed by atoms with E-state index in [0.717, 1.165) is 12.0 Å². The molecule has 1 amide bonds. The third kappa shape index (κ3) is 2.56. The molecule has 21 heavy (non-hydrogen) atoms. The number of hydrogen-bond donors (Lipinski definition) is 1. The summed E-state index contributed by atoms with van der Waals surface area (Å²) in [6, 6.07) is 9.17. The Bertz CT molecular complexity index is 614. The summed E-state index contributed by atoms with van der Waals surface area (Å²) in [7, 11) is 0. The molecule has 2 fully saturated rings. The Hall–Kier alpha value is -2.15. The molecule has 108 valence electrons. The van der Waals surface area contributed by atoms with Crippen LogP contribution < -0.4 is 5.43 Å². The lowest BCUT2D eigenvalue weighted by Crippen LogP contribution is -2.22. The number of nitrogens with zero attached hydrogens (tertiary/aromatic N) is 2. The molecule has 1 aromatic rings. The molecule has 0 aromatic heterocycles. The van der Waals surface area contributed by atoms with Crippen LogP contribution in [0.15, 0.2) is 29.4 Å². The van der Waals surface area contributed by atoms with Crippen LogP contribution >= 0.6 is 0 Å². The third-order valence-electron chi connectivity index (χ3n) is 5.04. The van der Waals surface area contributed by atoms with Gasteiger partial charge in [-0.15, -0.1) is 0 Å². The van der Waals surface area contributed by atoms with E-state index in [1.807, 2.05) is 12.1 Å².